The molecule has 1 aliphatic heterocycles. The SMILES string of the molecule is O=C(c1noc2c1CCCC2)N1CCC(Cn2cnccc2=O)CC1. The van der Waals surface area contributed by atoms with Gasteiger partial charge in [0.15, 0.2) is 5.69 Å². The van der Waals surface area contributed by atoms with Crippen LogP contribution in [0.4, 0.5) is 0 Å². The van der Waals surface area contributed by atoms with Gasteiger partial charge in [0.05, 0.1) is 6.33 Å². The number of likely N-dealkylation sites (tertiary alicyclic amines) is 1. The van der Waals surface area contributed by atoms with E-state index in [-0.39, 0.29) is 11.5 Å². The van der Waals surface area contributed by atoms with Crippen molar-refractivity contribution in [2.24, 2.45) is 5.92 Å². The molecule has 0 atom stereocenters. The predicted octanol–water partition coefficient (Wildman–Crippen LogP) is 1.66. The molecule has 0 N–H and O–H groups in total. The number of aryl methyl sites for hydroxylation is 1. The van der Waals surface area contributed by atoms with E-state index in [4.69, 9.17) is 4.52 Å². The number of amides is 1. The summed E-state index contributed by atoms with van der Waals surface area (Å²) >= 11 is 0. The zero-order chi connectivity index (χ0) is 17.2. The van der Waals surface area contributed by atoms with Gasteiger partial charge in [0, 0.05) is 43.9 Å². The molecule has 1 aliphatic carbocycles. The van der Waals surface area contributed by atoms with E-state index in [0.717, 1.165) is 49.8 Å². The Hall–Kier alpha value is -2.44. The first-order valence-electron chi connectivity index (χ1n) is 8.99. The maximum atomic E-state index is 12.8. The van der Waals surface area contributed by atoms with Crippen LogP contribution in [0.3, 0.4) is 0 Å². The third-order valence-corrected chi connectivity index (χ3v) is 5.30. The number of piperidine rings is 1. The monoisotopic (exact) mass is 342 g/mol. The van der Waals surface area contributed by atoms with Gasteiger partial charge in [0.1, 0.15) is 5.76 Å². The van der Waals surface area contributed by atoms with E-state index < -0.39 is 0 Å². The van der Waals surface area contributed by atoms with Crippen LogP contribution in [0.2, 0.25) is 0 Å². The fraction of sp³-hybridized carbons (Fsp3) is 0.556. The zero-order valence-electron chi connectivity index (χ0n) is 14.2. The summed E-state index contributed by atoms with van der Waals surface area (Å²) in [6.07, 6.45) is 8.84. The van der Waals surface area contributed by atoms with Crippen LogP contribution in [0.5, 0.6) is 0 Å². The first-order valence-corrected chi connectivity index (χ1v) is 8.99. The smallest absolute Gasteiger partial charge is 0.276 e. The van der Waals surface area contributed by atoms with Crippen LogP contribution in [0.15, 0.2) is 27.9 Å². The second-order valence-electron chi connectivity index (χ2n) is 6.95. The molecule has 1 fully saturated rings. The average molecular weight is 342 g/mol. The van der Waals surface area contributed by atoms with E-state index in [2.05, 4.69) is 10.1 Å². The lowest BCUT2D eigenvalue weighted by atomic mass is 9.94. The molecule has 2 aromatic heterocycles. The Morgan fingerprint density at radius 1 is 1.24 bits per heavy atom. The predicted molar refractivity (Wildman–Crippen MR) is 90.3 cm³/mol. The van der Waals surface area contributed by atoms with Crippen molar-refractivity contribution in [1.29, 1.82) is 0 Å². The summed E-state index contributed by atoms with van der Waals surface area (Å²) in [7, 11) is 0. The molecular formula is C18H22N4O3. The van der Waals surface area contributed by atoms with E-state index in [1.807, 2.05) is 4.90 Å². The Labute approximate surface area is 145 Å². The van der Waals surface area contributed by atoms with Gasteiger partial charge < -0.3 is 9.42 Å². The number of carbonyl (C=O) groups excluding carboxylic acids is 1. The van der Waals surface area contributed by atoms with Crippen molar-refractivity contribution in [1.82, 2.24) is 19.6 Å². The zero-order valence-corrected chi connectivity index (χ0v) is 14.2. The Morgan fingerprint density at radius 3 is 2.84 bits per heavy atom. The van der Waals surface area contributed by atoms with E-state index >= 15 is 0 Å². The maximum absolute atomic E-state index is 12.8. The summed E-state index contributed by atoms with van der Waals surface area (Å²) in [5.41, 5.74) is 1.50. The van der Waals surface area contributed by atoms with Crippen molar-refractivity contribution in [2.45, 2.75) is 45.1 Å². The number of fused-ring (bicyclic) bond motifs is 1. The van der Waals surface area contributed by atoms with E-state index in [0.29, 0.717) is 31.2 Å². The van der Waals surface area contributed by atoms with Gasteiger partial charge in [-0.05, 0) is 38.0 Å². The van der Waals surface area contributed by atoms with Gasteiger partial charge in [-0.1, -0.05) is 5.16 Å². The Balaban J connectivity index is 1.39. The van der Waals surface area contributed by atoms with E-state index in [1.54, 1.807) is 10.9 Å². The number of hydrogen-bond donors (Lipinski definition) is 0. The number of hydrogen-bond acceptors (Lipinski definition) is 5. The highest BCUT2D eigenvalue weighted by atomic mass is 16.5. The van der Waals surface area contributed by atoms with Crippen LogP contribution in [0.25, 0.3) is 0 Å². The topological polar surface area (TPSA) is 81.2 Å². The fourth-order valence-electron chi connectivity index (χ4n) is 3.81. The molecule has 2 aliphatic rings. The molecule has 7 nitrogen and oxygen atoms in total. The van der Waals surface area contributed by atoms with Crippen molar-refractivity contribution in [3.8, 4) is 0 Å². The maximum Gasteiger partial charge on any atom is 0.276 e. The van der Waals surface area contributed by atoms with Crippen molar-refractivity contribution >= 4 is 5.91 Å². The molecule has 0 bridgehead atoms. The normalized spacial score (nSPS) is 18.2. The third-order valence-electron chi connectivity index (χ3n) is 5.30. The highest BCUT2D eigenvalue weighted by Gasteiger charge is 2.30. The molecule has 1 amide bonds. The lowest BCUT2D eigenvalue weighted by molar-refractivity contribution is 0.0671. The molecule has 0 saturated carbocycles. The molecular weight excluding hydrogens is 320 g/mol. The second-order valence-corrected chi connectivity index (χ2v) is 6.95. The largest absolute Gasteiger partial charge is 0.360 e. The van der Waals surface area contributed by atoms with Crippen LogP contribution in [-0.2, 0) is 19.4 Å². The number of nitrogens with zero attached hydrogens (tertiary/aromatic N) is 4. The highest BCUT2D eigenvalue weighted by Crippen LogP contribution is 2.26. The van der Waals surface area contributed by atoms with Gasteiger partial charge in [-0.2, -0.15) is 0 Å². The molecule has 1 saturated heterocycles. The summed E-state index contributed by atoms with van der Waals surface area (Å²) < 4.78 is 7.02. The summed E-state index contributed by atoms with van der Waals surface area (Å²) in [5.74, 6) is 1.27. The molecule has 132 valence electrons. The van der Waals surface area contributed by atoms with Crippen LogP contribution >= 0.6 is 0 Å². The van der Waals surface area contributed by atoms with Crippen molar-refractivity contribution in [2.75, 3.05) is 13.1 Å². The van der Waals surface area contributed by atoms with Gasteiger partial charge >= 0.3 is 0 Å². The van der Waals surface area contributed by atoms with Crippen molar-refractivity contribution in [3.05, 3.63) is 46.0 Å². The summed E-state index contributed by atoms with van der Waals surface area (Å²) in [4.78, 5) is 30.5. The summed E-state index contributed by atoms with van der Waals surface area (Å²) in [5, 5.41) is 4.05. The van der Waals surface area contributed by atoms with Crippen LogP contribution in [0.1, 0.15) is 47.5 Å². The minimum Gasteiger partial charge on any atom is -0.360 e. The third kappa shape index (κ3) is 3.23. The quantitative estimate of drug-likeness (QED) is 0.847. The van der Waals surface area contributed by atoms with Crippen molar-refractivity contribution in [3.63, 3.8) is 0 Å². The molecule has 25 heavy (non-hydrogen) atoms. The Morgan fingerprint density at radius 2 is 2.04 bits per heavy atom. The van der Waals surface area contributed by atoms with Gasteiger partial charge in [0.25, 0.3) is 11.5 Å². The molecule has 0 unspecified atom stereocenters. The minimum atomic E-state index is -0.0252. The number of aromatic nitrogens is 3. The molecule has 2 aromatic rings. The summed E-state index contributed by atoms with van der Waals surface area (Å²) in [6.45, 7) is 2.05. The van der Waals surface area contributed by atoms with E-state index in [1.165, 1.54) is 12.3 Å². The standard InChI is InChI=1S/C18H22N4O3/c23-16-5-8-19-12-22(16)11-13-6-9-21(10-7-13)18(24)17-14-3-1-2-4-15(14)25-20-17/h5,8,12-13H,1-4,6-7,9-11H2. The molecule has 0 aromatic carbocycles. The molecule has 0 spiro atoms. The Kier molecular flexibility index (Phi) is 4.38. The molecule has 4 rings (SSSR count). The van der Waals surface area contributed by atoms with Crippen LogP contribution in [0, 0.1) is 5.92 Å². The first-order chi connectivity index (χ1) is 12.2. The fourth-order valence-corrected chi connectivity index (χ4v) is 3.81. The van der Waals surface area contributed by atoms with Gasteiger partial charge in [-0.15, -0.1) is 0 Å². The van der Waals surface area contributed by atoms with Crippen molar-refractivity contribution < 1.29 is 9.32 Å². The van der Waals surface area contributed by atoms with E-state index in [9.17, 15) is 9.59 Å². The average Bonchev–Trinajstić information content (AvgIpc) is 3.08. The first kappa shape index (κ1) is 16.1. The lowest BCUT2D eigenvalue weighted by Crippen LogP contribution is -2.40. The van der Waals surface area contributed by atoms with Crippen LogP contribution < -0.4 is 5.56 Å². The minimum absolute atomic E-state index is 0.0103. The van der Waals surface area contributed by atoms with Gasteiger partial charge in [-0.3, -0.25) is 14.2 Å². The lowest BCUT2D eigenvalue weighted by Gasteiger charge is -2.31. The number of carbonyl (C=O) groups is 1. The van der Waals surface area contributed by atoms with Crippen LogP contribution in [-0.4, -0.2) is 38.6 Å². The summed E-state index contributed by atoms with van der Waals surface area (Å²) in [6, 6.07) is 1.48. The van der Waals surface area contributed by atoms with Gasteiger partial charge in [0.2, 0.25) is 0 Å². The second kappa shape index (κ2) is 6.82. The molecule has 3 heterocycles. The Bertz CT molecular complexity index is 818. The molecule has 7 heteroatoms. The molecule has 0 radical (unpaired) electrons. The van der Waals surface area contributed by atoms with Gasteiger partial charge in [-0.25, -0.2) is 4.98 Å². The highest BCUT2D eigenvalue weighted by molar-refractivity contribution is 5.94. The number of rotatable bonds is 3.